The Kier molecular flexibility index (Phi) is 3.82. The van der Waals surface area contributed by atoms with Crippen LogP contribution in [0.15, 0.2) is 11.6 Å². The van der Waals surface area contributed by atoms with Gasteiger partial charge < -0.3 is 0 Å². The summed E-state index contributed by atoms with van der Waals surface area (Å²) < 4.78 is 0. The fourth-order valence-corrected chi connectivity index (χ4v) is 7.76. The minimum Gasteiger partial charge on any atom is -0.300 e. The first-order valence-electron chi connectivity index (χ1n) is 10.0. The second-order valence-corrected chi connectivity index (χ2v) is 9.75. The van der Waals surface area contributed by atoms with Crippen LogP contribution in [-0.2, 0) is 9.59 Å². The lowest BCUT2D eigenvalue weighted by atomic mass is 9.45. The number of hydrogen-bond donors (Lipinski definition) is 0. The standard InChI is InChI=1S/C22H32O2/c1-14(24)18-8-9-19-17-7-6-16-5-4-15(13-23)12-22(16,3)20(17)10-11-21(18,19)2/h4,13,16-20H,5-12H2,1-3H3. The lowest BCUT2D eigenvalue weighted by Crippen LogP contribution is -2.53. The van der Waals surface area contributed by atoms with Crippen molar-refractivity contribution in [1.29, 1.82) is 0 Å². The van der Waals surface area contributed by atoms with Crippen LogP contribution in [0.4, 0.5) is 0 Å². The van der Waals surface area contributed by atoms with Gasteiger partial charge in [0.25, 0.3) is 0 Å². The first kappa shape index (κ1) is 16.5. The van der Waals surface area contributed by atoms with Crippen LogP contribution >= 0.6 is 0 Å². The van der Waals surface area contributed by atoms with Gasteiger partial charge in [-0.05, 0) is 98.4 Å². The quantitative estimate of drug-likeness (QED) is 0.671. The lowest BCUT2D eigenvalue weighted by molar-refractivity contribution is -0.131. The van der Waals surface area contributed by atoms with Crippen LogP contribution in [0.1, 0.15) is 72.1 Å². The van der Waals surface area contributed by atoms with Crippen LogP contribution in [-0.4, -0.2) is 12.1 Å². The highest BCUT2D eigenvalue weighted by Crippen LogP contribution is 2.67. The normalized spacial score (nSPS) is 50.3. The summed E-state index contributed by atoms with van der Waals surface area (Å²) in [5, 5.41) is 0. The molecule has 4 aliphatic carbocycles. The summed E-state index contributed by atoms with van der Waals surface area (Å²) in [6.45, 7) is 6.70. The number of allylic oxidation sites excluding steroid dienone is 2. The molecule has 2 heteroatoms. The first-order valence-corrected chi connectivity index (χ1v) is 10.0. The second kappa shape index (κ2) is 5.54. The van der Waals surface area contributed by atoms with E-state index in [2.05, 4.69) is 19.9 Å². The summed E-state index contributed by atoms with van der Waals surface area (Å²) in [7, 11) is 0. The molecular weight excluding hydrogens is 296 g/mol. The molecule has 7 atom stereocenters. The fourth-order valence-electron chi connectivity index (χ4n) is 7.76. The van der Waals surface area contributed by atoms with E-state index in [0.29, 0.717) is 17.1 Å². The highest BCUT2D eigenvalue weighted by molar-refractivity contribution is 5.79. The highest BCUT2D eigenvalue weighted by Gasteiger charge is 2.60. The van der Waals surface area contributed by atoms with Crippen molar-refractivity contribution in [3.05, 3.63) is 11.6 Å². The third-order valence-electron chi connectivity index (χ3n) is 8.96. The predicted octanol–water partition coefficient (Wildman–Crippen LogP) is 4.97. The molecule has 3 saturated carbocycles. The van der Waals surface area contributed by atoms with E-state index in [9.17, 15) is 9.59 Å². The van der Waals surface area contributed by atoms with E-state index in [-0.39, 0.29) is 5.41 Å². The van der Waals surface area contributed by atoms with Crippen molar-refractivity contribution in [3.8, 4) is 0 Å². The van der Waals surface area contributed by atoms with E-state index in [1.165, 1.54) is 32.1 Å². The van der Waals surface area contributed by atoms with E-state index in [4.69, 9.17) is 0 Å². The monoisotopic (exact) mass is 328 g/mol. The molecule has 0 N–H and O–H groups in total. The average molecular weight is 328 g/mol. The summed E-state index contributed by atoms with van der Waals surface area (Å²) in [6, 6.07) is 0. The molecule has 0 spiro atoms. The SMILES string of the molecule is CC(=O)C1CCC2C3CCC4CC=C(C=O)CC4(C)C3CCC12C. The van der Waals surface area contributed by atoms with Gasteiger partial charge in [-0.25, -0.2) is 0 Å². The number of fused-ring (bicyclic) bond motifs is 5. The lowest BCUT2D eigenvalue weighted by Gasteiger charge is -2.60. The summed E-state index contributed by atoms with van der Waals surface area (Å²) in [4.78, 5) is 23.6. The molecule has 0 aromatic heterocycles. The van der Waals surface area contributed by atoms with Crippen molar-refractivity contribution in [2.75, 3.05) is 0 Å². The third kappa shape index (κ3) is 2.14. The molecule has 0 saturated heterocycles. The fraction of sp³-hybridized carbons (Fsp3) is 0.818. The van der Waals surface area contributed by atoms with Crippen molar-refractivity contribution < 1.29 is 9.59 Å². The third-order valence-corrected chi connectivity index (χ3v) is 8.96. The second-order valence-electron chi connectivity index (χ2n) is 9.75. The largest absolute Gasteiger partial charge is 0.300 e. The van der Waals surface area contributed by atoms with Gasteiger partial charge >= 0.3 is 0 Å². The van der Waals surface area contributed by atoms with Gasteiger partial charge in [0.05, 0.1) is 0 Å². The Hall–Kier alpha value is -0.920. The molecule has 0 radical (unpaired) electrons. The topological polar surface area (TPSA) is 34.1 Å². The highest BCUT2D eigenvalue weighted by atomic mass is 16.1. The van der Waals surface area contributed by atoms with Gasteiger partial charge in [0.1, 0.15) is 12.1 Å². The Morgan fingerprint density at radius 3 is 2.54 bits per heavy atom. The number of aldehydes is 1. The molecular formula is C22H32O2. The molecule has 0 aromatic carbocycles. The van der Waals surface area contributed by atoms with Crippen molar-refractivity contribution in [2.45, 2.75) is 72.1 Å². The van der Waals surface area contributed by atoms with Gasteiger partial charge in [0.2, 0.25) is 0 Å². The van der Waals surface area contributed by atoms with Gasteiger partial charge in [-0.15, -0.1) is 0 Å². The number of Topliss-reactive ketones (excluding diaryl/α,β-unsaturated/α-hetero) is 1. The Bertz CT molecular complexity index is 591. The minimum atomic E-state index is 0.244. The number of ketones is 1. The molecule has 0 aliphatic heterocycles. The Labute approximate surface area is 146 Å². The maximum Gasteiger partial charge on any atom is 0.145 e. The van der Waals surface area contributed by atoms with E-state index in [1.807, 2.05) is 6.92 Å². The predicted molar refractivity (Wildman–Crippen MR) is 95.4 cm³/mol. The number of carbonyl (C=O) groups excluding carboxylic acids is 2. The van der Waals surface area contributed by atoms with Crippen LogP contribution in [0.3, 0.4) is 0 Å². The van der Waals surface area contributed by atoms with Gasteiger partial charge in [-0.1, -0.05) is 19.9 Å². The molecule has 3 fully saturated rings. The van der Waals surface area contributed by atoms with Gasteiger partial charge in [0.15, 0.2) is 0 Å². The Morgan fingerprint density at radius 2 is 1.83 bits per heavy atom. The maximum atomic E-state index is 12.2. The number of rotatable bonds is 2. The van der Waals surface area contributed by atoms with Crippen LogP contribution in [0.2, 0.25) is 0 Å². The van der Waals surface area contributed by atoms with Crippen molar-refractivity contribution in [2.24, 2.45) is 40.4 Å². The minimum absolute atomic E-state index is 0.244. The molecule has 0 aromatic rings. The Balaban J connectivity index is 1.65. The van der Waals surface area contributed by atoms with Gasteiger partial charge in [-0.3, -0.25) is 9.59 Å². The molecule has 0 heterocycles. The van der Waals surface area contributed by atoms with Crippen molar-refractivity contribution >= 4 is 12.1 Å². The van der Waals surface area contributed by atoms with E-state index >= 15 is 0 Å². The summed E-state index contributed by atoms with van der Waals surface area (Å²) in [5.74, 6) is 3.74. The van der Waals surface area contributed by atoms with Crippen LogP contribution in [0.5, 0.6) is 0 Å². The van der Waals surface area contributed by atoms with Gasteiger partial charge in [-0.2, -0.15) is 0 Å². The van der Waals surface area contributed by atoms with Crippen molar-refractivity contribution in [3.63, 3.8) is 0 Å². The molecule has 0 amide bonds. The smallest absolute Gasteiger partial charge is 0.145 e. The summed E-state index contributed by atoms with van der Waals surface area (Å²) >= 11 is 0. The zero-order chi connectivity index (χ0) is 17.1. The van der Waals surface area contributed by atoms with Crippen LogP contribution < -0.4 is 0 Å². The summed E-state index contributed by atoms with van der Waals surface area (Å²) in [5.41, 5.74) is 1.59. The molecule has 7 unspecified atom stereocenters. The molecule has 24 heavy (non-hydrogen) atoms. The van der Waals surface area contributed by atoms with Crippen LogP contribution in [0, 0.1) is 40.4 Å². The zero-order valence-electron chi connectivity index (χ0n) is 15.5. The molecule has 132 valence electrons. The molecule has 4 aliphatic rings. The number of hydrogen-bond acceptors (Lipinski definition) is 2. The average Bonchev–Trinajstić information content (AvgIpc) is 2.91. The number of carbonyl (C=O) groups is 2. The molecule has 0 bridgehead atoms. The van der Waals surface area contributed by atoms with E-state index in [0.717, 1.165) is 54.8 Å². The zero-order valence-corrected chi connectivity index (χ0v) is 15.5. The Morgan fingerprint density at radius 1 is 1.08 bits per heavy atom. The van der Waals surface area contributed by atoms with E-state index < -0.39 is 0 Å². The van der Waals surface area contributed by atoms with Crippen molar-refractivity contribution in [1.82, 2.24) is 0 Å². The van der Waals surface area contributed by atoms with Crippen LogP contribution in [0.25, 0.3) is 0 Å². The van der Waals surface area contributed by atoms with E-state index in [1.54, 1.807) is 0 Å². The first-order chi connectivity index (χ1) is 11.4. The molecule has 2 nitrogen and oxygen atoms in total. The molecule has 4 rings (SSSR count). The summed E-state index contributed by atoms with van der Waals surface area (Å²) in [6.07, 6.45) is 12.9. The maximum absolute atomic E-state index is 12.2. The van der Waals surface area contributed by atoms with Gasteiger partial charge in [0, 0.05) is 5.92 Å².